The fourth-order valence-electron chi connectivity index (χ4n) is 1.44. The Morgan fingerprint density at radius 1 is 1.18 bits per heavy atom. The van der Waals surface area contributed by atoms with Crippen molar-refractivity contribution in [2.75, 3.05) is 14.2 Å². The average Bonchev–Trinajstić information content (AvgIpc) is 2.26. The van der Waals surface area contributed by atoms with Crippen LogP contribution in [0.5, 0.6) is 11.5 Å². The minimum Gasteiger partial charge on any atom is -0.497 e. The van der Waals surface area contributed by atoms with Crippen LogP contribution in [0.4, 0.5) is 0 Å². The minimum absolute atomic E-state index is 0.140. The predicted molar refractivity (Wildman–Crippen MR) is 60.4 cm³/mol. The van der Waals surface area contributed by atoms with E-state index in [9.17, 15) is 9.59 Å². The molecular weight excluding hydrogens is 224 g/mol. The van der Waals surface area contributed by atoms with Gasteiger partial charge in [0.25, 0.3) is 0 Å². The smallest absolute Gasteiger partial charge is 0.341 e. The number of methoxy groups -OCH3 is 2. The Hall–Kier alpha value is -2.04. The maximum absolute atomic E-state index is 11.6. The lowest BCUT2D eigenvalue weighted by Gasteiger charge is -2.12. The van der Waals surface area contributed by atoms with E-state index in [1.165, 1.54) is 27.2 Å². The fourth-order valence-corrected chi connectivity index (χ4v) is 1.44. The van der Waals surface area contributed by atoms with Crippen molar-refractivity contribution in [3.63, 3.8) is 0 Å². The van der Waals surface area contributed by atoms with Crippen molar-refractivity contribution in [3.8, 4) is 11.5 Å². The molecule has 5 nitrogen and oxygen atoms in total. The van der Waals surface area contributed by atoms with E-state index < -0.39 is 11.9 Å². The molecule has 0 bridgehead atoms. The number of benzene rings is 1. The molecule has 0 saturated heterocycles. The van der Waals surface area contributed by atoms with Gasteiger partial charge in [-0.3, -0.25) is 4.79 Å². The third-order valence-electron chi connectivity index (χ3n) is 2.15. The Kier molecular flexibility index (Phi) is 4.09. The summed E-state index contributed by atoms with van der Waals surface area (Å²) in [6.45, 7) is 2.97. The summed E-state index contributed by atoms with van der Waals surface area (Å²) in [7, 11) is 2.76. The average molecular weight is 238 g/mol. The van der Waals surface area contributed by atoms with Crippen LogP contribution in [0, 0.1) is 6.92 Å². The summed E-state index contributed by atoms with van der Waals surface area (Å²) in [6, 6.07) is 3.14. The third-order valence-corrected chi connectivity index (χ3v) is 2.15. The minimum atomic E-state index is -0.554. The van der Waals surface area contributed by atoms with Gasteiger partial charge < -0.3 is 14.2 Å². The second kappa shape index (κ2) is 5.34. The van der Waals surface area contributed by atoms with Crippen LogP contribution in [0.25, 0.3) is 0 Å². The first kappa shape index (κ1) is 13.0. The van der Waals surface area contributed by atoms with Gasteiger partial charge >= 0.3 is 11.9 Å². The molecule has 0 fully saturated rings. The molecule has 0 atom stereocenters. The van der Waals surface area contributed by atoms with Gasteiger partial charge in [0, 0.05) is 13.0 Å². The molecule has 0 aliphatic carbocycles. The lowest BCUT2D eigenvalue weighted by atomic mass is 10.1. The van der Waals surface area contributed by atoms with E-state index in [-0.39, 0.29) is 11.3 Å². The van der Waals surface area contributed by atoms with Crippen molar-refractivity contribution in [1.29, 1.82) is 0 Å². The van der Waals surface area contributed by atoms with Crippen molar-refractivity contribution in [2.45, 2.75) is 13.8 Å². The number of carbonyl (C=O) groups is 2. The molecule has 0 N–H and O–H groups in total. The topological polar surface area (TPSA) is 61.8 Å². The van der Waals surface area contributed by atoms with Gasteiger partial charge in [0.2, 0.25) is 0 Å². The molecule has 1 aromatic carbocycles. The standard InChI is InChI=1S/C12H14O5/c1-7-5-9(15-3)6-10(17-8(2)13)11(7)12(14)16-4/h5-6H,1-4H3. The molecule has 0 aromatic heterocycles. The first-order chi connectivity index (χ1) is 7.99. The van der Waals surface area contributed by atoms with E-state index in [1.54, 1.807) is 13.0 Å². The first-order valence-electron chi connectivity index (χ1n) is 4.95. The highest BCUT2D eigenvalue weighted by atomic mass is 16.5. The molecule has 0 spiro atoms. The number of ether oxygens (including phenoxy) is 3. The van der Waals surface area contributed by atoms with Crippen molar-refractivity contribution >= 4 is 11.9 Å². The maximum Gasteiger partial charge on any atom is 0.341 e. The van der Waals surface area contributed by atoms with Crippen LogP contribution in [0.2, 0.25) is 0 Å². The summed E-state index contributed by atoms with van der Waals surface area (Å²) in [5, 5.41) is 0. The molecule has 1 aromatic rings. The highest BCUT2D eigenvalue weighted by molar-refractivity contribution is 5.95. The van der Waals surface area contributed by atoms with Gasteiger partial charge in [0.15, 0.2) is 0 Å². The van der Waals surface area contributed by atoms with Gasteiger partial charge in [0.05, 0.1) is 14.2 Å². The number of hydrogen-bond donors (Lipinski definition) is 0. The van der Waals surface area contributed by atoms with Crippen LogP contribution >= 0.6 is 0 Å². The van der Waals surface area contributed by atoms with Gasteiger partial charge in [-0.2, -0.15) is 0 Å². The van der Waals surface area contributed by atoms with Gasteiger partial charge in [-0.1, -0.05) is 0 Å². The van der Waals surface area contributed by atoms with Crippen molar-refractivity contribution < 1.29 is 23.8 Å². The lowest BCUT2D eigenvalue weighted by Crippen LogP contribution is -2.11. The second-order valence-electron chi connectivity index (χ2n) is 3.40. The molecule has 0 saturated carbocycles. The molecule has 0 amide bonds. The zero-order valence-corrected chi connectivity index (χ0v) is 10.2. The van der Waals surface area contributed by atoms with Crippen LogP contribution in [0.15, 0.2) is 12.1 Å². The molecule has 0 unspecified atom stereocenters. The molecule has 0 aliphatic rings. The quantitative estimate of drug-likeness (QED) is 0.592. The van der Waals surface area contributed by atoms with Gasteiger partial charge in [-0.25, -0.2) is 4.79 Å². The first-order valence-corrected chi connectivity index (χ1v) is 4.95. The van der Waals surface area contributed by atoms with Crippen LogP contribution in [0.1, 0.15) is 22.8 Å². The Labute approximate surface area is 99.3 Å². The third kappa shape index (κ3) is 2.96. The molecule has 5 heteroatoms. The van der Waals surface area contributed by atoms with Crippen LogP contribution in [-0.2, 0) is 9.53 Å². The SMILES string of the molecule is COC(=O)c1c(C)cc(OC)cc1OC(C)=O. The molecular formula is C12H14O5. The fraction of sp³-hybridized carbons (Fsp3) is 0.333. The van der Waals surface area contributed by atoms with E-state index in [0.717, 1.165) is 0 Å². The Morgan fingerprint density at radius 3 is 2.29 bits per heavy atom. The number of aryl methyl sites for hydroxylation is 1. The number of rotatable bonds is 3. The highest BCUT2D eigenvalue weighted by Gasteiger charge is 2.19. The van der Waals surface area contributed by atoms with Crippen molar-refractivity contribution in [3.05, 3.63) is 23.3 Å². The van der Waals surface area contributed by atoms with Crippen LogP contribution < -0.4 is 9.47 Å². The van der Waals surface area contributed by atoms with E-state index in [1.807, 2.05) is 0 Å². The molecule has 17 heavy (non-hydrogen) atoms. The van der Waals surface area contributed by atoms with Crippen LogP contribution in [-0.4, -0.2) is 26.2 Å². The predicted octanol–water partition coefficient (Wildman–Crippen LogP) is 1.72. The van der Waals surface area contributed by atoms with E-state index in [4.69, 9.17) is 9.47 Å². The summed E-state index contributed by atoms with van der Waals surface area (Å²) < 4.78 is 14.7. The largest absolute Gasteiger partial charge is 0.497 e. The van der Waals surface area contributed by atoms with Gasteiger partial charge in [-0.15, -0.1) is 0 Å². The van der Waals surface area contributed by atoms with E-state index in [0.29, 0.717) is 11.3 Å². The summed E-state index contributed by atoms with van der Waals surface area (Å²) >= 11 is 0. The maximum atomic E-state index is 11.6. The van der Waals surface area contributed by atoms with E-state index in [2.05, 4.69) is 4.74 Å². The number of carbonyl (C=O) groups excluding carboxylic acids is 2. The molecule has 0 radical (unpaired) electrons. The molecule has 0 aliphatic heterocycles. The van der Waals surface area contributed by atoms with Crippen molar-refractivity contribution in [2.24, 2.45) is 0 Å². The summed E-state index contributed by atoms with van der Waals surface area (Å²) in [6.07, 6.45) is 0. The molecule has 0 heterocycles. The Bertz CT molecular complexity index is 450. The van der Waals surface area contributed by atoms with Gasteiger partial charge in [0.1, 0.15) is 17.1 Å². The Balaban J connectivity index is 3.33. The zero-order valence-electron chi connectivity index (χ0n) is 10.2. The van der Waals surface area contributed by atoms with Crippen LogP contribution in [0.3, 0.4) is 0 Å². The molecule has 1 rings (SSSR count). The number of hydrogen-bond acceptors (Lipinski definition) is 5. The Morgan fingerprint density at radius 2 is 1.82 bits per heavy atom. The highest BCUT2D eigenvalue weighted by Crippen LogP contribution is 2.29. The van der Waals surface area contributed by atoms with Gasteiger partial charge in [-0.05, 0) is 18.6 Å². The molecule has 92 valence electrons. The van der Waals surface area contributed by atoms with E-state index >= 15 is 0 Å². The van der Waals surface area contributed by atoms with Crippen molar-refractivity contribution in [1.82, 2.24) is 0 Å². The summed E-state index contributed by atoms with van der Waals surface area (Å²) in [5.41, 5.74) is 0.843. The zero-order chi connectivity index (χ0) is 13.0. The number of esters is 2. The second-order valence-corrected chi connectivity index (χ2v) is 3.40. The summed E-state index contributed by atoms with van der Waals surface area (Å²) in [5.74, 6) is -0.420. The summed E-state index contributed by atoms with van der Waals surface area (Å²) in [4.78, 5) is 22.6. The monoisotopic (exact) mass is 238 g/mol. The normalized spacial score (nSPS) is 9.65. The lowest BCUT2D eigenvalue weighted by molar-refractivity contribution is -0.131.